The molecule has 0 aromatic heterocycles. The molecule has 0 aliphatic carbocycles. The topological polar surface area (TPSA) is 35.5 Å². The van der Waals surface area contributed by atoms with Gasteiger partial charge in [0, 0.05) is 6.10 Å². The predicted octanol–water partition coefficient (Wildman–Crippen LogP) is 6.75. The van der Waals surface area contributed by atoms with Gasteiger partial charge in [-0.1, -0.05) is 80.1 Å². The molecule has 5 heteroatoms. The molecule has 0 spiro atoms. The zero-order valence-corrected chi connectivity index (χ0v) is 20.7. The van der Waals surface area contributed by atoms with Gasteiger partial charge >= 0.3 is 0 Å². The lowest BCUT2D eigenvalue weighted by Gasteiger charge is -2.41. The van der Waals surface area contributed by atoms with E-state index in [1.165, 1.54) is 25.7 Å². The summed E-state index contributed by atoms with van der Waals surface area (Å²) in [6.07, 6.45) is 7.42. The Morgan fingerprint density at radius 1 is 0.923 bits per heavy atom. The van der Waals surface area contributed by atoms with Crippen molar-refractivity contribution >= 4 is 24.0 Å². The van der Waals surface area contributed by atoms with Gasteiger partial charge in [-0.3, -0.25) is 4.79 Å². The fraction of sp³-hybridized carbons (Fsp3) is 0.952. The van der Waals surface area contributed by atoms with Crippen LogP contribution in [0.15, 0.2) is 0 Å². The lowest BCUT2D eigenvalue weighted by atomic mass is 10.2. The summed E-state index contributed by atoms with van der Waals surface area (Å²) in [6.45, 7) is 17.5. The van der Waals surface area contributed by atoms with E-state index < -0.39 is 8.32 Å². The first-order valence-corrected chi connectivity index (χ1v) is 14.2. The zero-order chi connectivity index (χ0) is 20.2. The van der Waals surface area contributed by atoms with Crippen molar-refractivity contribution in [3.05, 3.63) is 0 Å². The van der Waals surface area contributed by atoms with Crippen LogP contribution >= 0.6 is 0 Å². The van der Waals surface area contributed by atoms with Gasteiger partial charge in [0.25, 0.3) is 14.3 Å². The molecule has 2 radical (unpaired) electrons. The molecule has 0 bridgehead atoms. The number of carbonyl (C=O) groups excluding carboxylic acids is 1. The van der Waals surface area contributed by atoms with Gasteiger partial charge in [0.1, 0.15) is 0 Å². The van der Waals surface area contributed by atoms with E-state index in [0.29, 0.717) is 20.8 Å². The van der Waals surface area contributed by atoms with Crippen LogP contribution in [0.4, 0.5) is 0 Å². The third-order valence-corrected chi connectivity index (χ3v) is 13.0. The third-order valence-electron chi connectivity index (χ3n) is 5.72. The molecular formula is C21H44O3Si2. The third kappa shape index (κ3) is 8.70. The van der Waals surface area contributed by atoms with Crippen LogP contribution in [-0.4, -0.2) is 30.2 Å². The molecule has 0 aliphatic heterocycles. The van der Waals surface area contributed by atoms with E-state index in [0.717, 1.165) is 24.9 Å². The molecule has 26 heavy (non-hydrogen) atoms. The minimum absolute atomic E-state index is 0.0209. The van der Waals surface area contributed by atoms with Gasteiger partial charge in [0.2, 0.25) is 9.76 Å². The number of hydrogen-bond acceptors (Lipinski definition) is 3. The van der Waals surface area contributed by atoms with Gasteiger partial charge in [-0.05, 0) is 37.0 Å². The average Bonchev–Trinajstić information content (AvgIpc) is 2.62. The van der Waals surface area contributed by atoms with Crippen molar-refractivity contribution < 1.29 is 13.6 Å². The predicted molar refractivity (Wildman–Crippen MR) is 116 cm³/mol. The van der Waals surface area contributed by atoms with Crippen LogP contribution in [0.25, 0.3) is 0 Å². The SMILES string of the molecule is CCCCCC[Si](OC(=O)C(C)C[Si]OC(C)C)(C(C)CC)C(C)CC. The summed E-state index contributed by atoms with van der Waals surface area (Å²) in [5.74, 6) is -0.0460. The van der Waals surface area contributed by atoms with Gasteiger partial charge in [-0.15, -0.1) is 0 Å². The van der Waals surface area contributed by atoms with E-state index in [9.17, 15) is 4.79 Å². The monoisotopic (exact) mass is 400 g/mol. The van der Waals surface area contributed by atoms with Crippen LogP contribution in [0.2, 0.25) is 23.2 Å². The summed E-state index contributed by atoms with van der Waals surface area (Å²) in [6, 6.07) is 1.90. The first kappa shape index (κ1) is 25.9. The Balaban J connectivity index is 5.13. The second-order valence-corrected chi connectivity index (χ2v) is 13.7. The summed E-state index contributed by atoms with van der Waals surface area (Å²) in [4.78, 5) is 12.9. The molecule has 154 valence electrons. The molecule has 0 saturated carbocycles. The number of rotatable bonds is 15. The van der Waals surface area contributed by atoms with E-state index in [2.05, 4.69) is 34.6 Å². The summed E-state index contributed by atoms with van der Waals surface area (Å²) in [5.41, 5.74) is 1.04. The maximum atomic E-state index is 12.9. The summed E-state index contributed by atoms with van der Waals surface area (Å²) < 4.78 is 12.1. The van der Waals surface area contributed by atoms with Crippen LogP contribution in [0.3, 0.4) is 0 Å². The number of carbonyl (C=O) groups is 1. The van der Waals surface area contributed by atoms with Gasteiger partial charge in [-0.2, -0.15) is 0 Å². The largest absolute Gasteiger partial charge is 0.518 e. The van der Waals surface area contributed by atoms with Crippen LogP contribution in [-0.2, 0) is 13.6 Å². The Morgan fingerprint density at radius 3 is 1.96 bits per heavy atom. The zero-order valence-electron chi connectivity index (χ0n) is 18.7. The molecular weight excluding hydrogens is 356 g/mol. The van der Waals surface area contributed by atoms with Crippen molar-refractivity contribution in [3.63, 3.8) is 0 Å². The molecule has 3 nitrogen and oxygen atoms in total. The maximum absolute atomic E-state index is 12.9. The highest BCUT2D eigenvalue weighted by Gasteiger charge is 2.47. The molecule has 0 fully saturated rings. The van der Waals surface area contributed by atoms with E-state index in [1.807, 2.05) is 20.8 Å². The highest BCUT2D eigenvalue weighted by molar-refractivity contribution is 6.77. The Hall–Kier alpha value is -0.136. The average molecular weight is 401 g/mol. The lowest BCUT2D eigenvalue weighted by Crippen LogP contribution is -2.48. The van der Waals surface area contributed by atoms with Crippen molar-refractivity contribution in [3.8, 4) is 0 Å². The molecule has 0 aromatic carbocycles. The highest BCUT2D eigenvalue weighted by Crippen LogP contribution is 2.42. The van der Waals surface area contributed by atoms with Crippen LogP contribution in [0, 0.1) is 5.92 Å². The van der Waals surface area contributed by atoms with Crippen molar-refractivity contribution in [2.24, 2.45) is 5.92 Å². The molecule has 0 rings (SSSR count). The summed E-state index contributed by atoms with van der Waals surface area (Å²) in [5, 5.41) is 0. The van der Waals surface area contributed by atoms with Crippen LogP contribution < -0.4 is 0 Å². The molecule has 3 unspecified atom stereocenters. The fourth-order valence-electron chi connectivity index (χ4n) is 3.46. The smallest absolute Gasteiger partial charge is 0.295 e. The van der Waals surface area contributed by atoms with Gasteiger partial charge in [0.15, 0.2) is 0 Å². The molecule has 0 N–H and O–H groups in total. The number of unbranched alkanes of at least 4 members (excludes halogenated alkanes) is 3. The minimum Gasteiger partial charge on any atom is -0.518 e. The van der Waals surface area contributed by atoms with E-state index in [-0.39, 0.29) is 18.0 Å². The summed E-state index contributed by atoms with van der Waals surface area (Å²) in [7, 11) is -1.75. The van der Waals surface area contributed by atoms with Crippen LogP contribution in [0.5, 0.6) is 0 Å². The van der Waals surface area contributed by atoms with Crippen LogP contribution in [0.1, 0.15) is 93.9 Å². The molecule has 0 saturated heterocycles. The normalized spacial score (nSPS) is 17.6. The second kappa shape index (κ2) is 13.9. The van der Waals surface area contributed by atoms with Crippen molar-refractivity contribution in [2.75, 3.05) is 0 Å². The number of hydrogen-bond donors (Lipinski definition) is 0. The Kier molecular flexibility index (Phi) is 13.9. The maximum Gasteiger partial charge on any atom is 0.295 e. The molecule has 0 heterocycles. The van der Waals surface area contributed by atoms with E-state index in [1.54, 1.807) is 0 Å². The Morgan fingerprint density at radius 2 is 1.50 bits per heavy atom. The fourth-order valence-corrected chi connectivity index (χ4v) is 9.53. The van der Waals surface area contributed by atoms with Gasteiger partial charge in [-0.25, -0.2) is 0 Å². The molecule has 0 aliphatic rings. The Labute approximate surface area is 167 Å². The van der Waals surface area contributed by atoms with Crippen molar-refractivity contribution in [1.29, 1.82) is 0 Å². The highest BCUT2D eigenvalue weighted by atomic mass is 28.4. The Bertz CT molecular complexity index is 364. The van der Waals surface area contributed by atoms with Gasteiger partial charge in [0.05, 0.1) is 5.92 Å². The molecule has 0 aromatic rings. The molecule has 3 atom stereocenters. The van der Waals surface area contributed by atoms with Gasteiger partial charge < -0.3 is 8.85 Å². The van der Waals surface area contributed by atoms with Crippen molar-refractivity contribution in [1.82, 2.24) is 0 Å². The first-order valence-electron chi connectivity index (χ1n) is 10.9. The standard InChI is InChI=1S/C21H44O3Si2/c1-9-12-13-14-15-26(19(7)10-2,20(8)11-3)24-21(22)18(6)16-25-23-17(4)5/h17-20H,9-16H2,1-8H3. The minimum atomic E-state index is -2.13. The van der Waals surface area contributed by atoms with Crippen molar-refractivity contribution in [2.45, 2.75) is 123 Å². The second-order valence-electron chi connectivity index (χ2n) is 8.22. The molecule has 0 amide bonds. The quantitative estimate of drug-likeness (QED) is 0.225. The van der Waals surface area contributed by atoms with E-state index >= 15 is 0 Å². The van der Waals surface area contributed by atoms with E-state index in [4.69, 9.17) is 8.85 Å². The summed E-state index contributed by atoms with van der Waals surface area (Å²) >= 11 is 0. The lowest BCUT2D eigenvalue weighted by molar-refractivity contribution is -0.139. The first-order chi connectivity index (χ1) is 12.2.